The molecule has 1 heterocycles. The van der Waals surface area contributed by atoms with Crippen LogP contribution in [0.3, 0.4) is 0 Å². The van der Waals surface area contributed by atoms with Gasteiger partial charge in [0.25, 0.3) is 0 Å². The minimum Gasteiger partial charge on any atom is -0.314 e. The molecular formula is C17H27N3. The van der Waals surface area contributed by atoms with Crippen molar-refractivity contribution in [3.63, 3.8) is 0 Å². The summed E-state index contributed by atoms with van der Waals surface area (Å²) in [5, 5.41) is 8.29. The number of nitrogens with one attached hydrogen (secondary N) is 1. The lowest BCUT2D eigenvalue weighted by atomic mass is 9.94. The number of hydrogen-bond donors (Lipinski definition) is 1. The number of fused-ring (bicyclic) bond motifs is 5. The lowest BCUT2D eigenvalue weighted by molar-refractivity contribution is 0.361. The maximum absolute atomic E-state index is 4.51. The Morgan fingerprint density at radius 1 is 1.35 bits per heavy atom. The van der Waals surface area contributed by atoms with Crippen molar-refractivity contribution in [2.75, 3.05) is 6.54 Å². The fourth-order valence-corrected chi connectivity index (χ4v) is 5.62. The largest absolute Gasteiger partial charge is 0.314 e. The zero-order valence-electron chi connectivity index (χ0n) is 13.0. The fraction of sp³-hybridized carbons (Fsp3) is 0.824. The standard InChI is InChI=1S/C17H27N3/c1-4-18-14(9-13-7-10(2)19-20(13)3)17-15-11-5-6-12(8-11)16(15)17/h7,11-12,14-18H,4-6,8-9H2,1-3H3. The number of rotatable bonds is 5. The Kier molecular flexibility index (Phi) is 2.95. The third-order valence-electron chi connectivity index (χ3n) is 6.25. The Bertz CT molecular complexity index is 490. The molecule has 0 radical (unpaired) electrons. The normalized spacial score (nSPS) is 39.0. The van der Waals surface area contributed by atoms with Crippen molar-refractivity contribution in [2.24, 2.45) is 36.6 Å². The van der Waals surface area contributed by atoms with Gasteiger partial charge in [-0.05, 0) is 68.4 Å². The van der Waals surface area contributed by atoms with Crippen LogP contribution in [0.4, 0.5) is 0 Å². The van der Waals surface area contributed by atoms with E-state index in [9.17, 15) is 0 Å². The van der Waals surface area contributed by atoms with Gasteiger partial charge in [-0.1, -0.05) is 6.92 Å². The maximum atomic E-state index is 4.51. The molecule has 110 valence electrons. The highest BCUT2D eigenvalue weighted by atomic mass is 15.3. The van der Waals surface area contributed by atoms with Crippen LogP contribution in [0.2, 0.25) is 0 Å². The quantitative estimate of drug-likeness (QED) is 0.893. The third-order valence-corrected chi connectivity index (χ3v) is 6.25. The average molecular weight is 273 g/mol. The van der Waals surface area contributed by atoms with Crippen LogP contribution in [-0.2, 0) is 13.5 Å². The van der Waals surface area contributed by atoms with E-state index in [1.54, 1.807) is 6.42 Å². The van der Waals surface area contributed by atoms with Crippen LogP contribution >= 0.6 is 0 Å². The first kappa shape index (κ1) is 12.9. The molecule has 0 amide bonds. The predicted molar refractivity (Wildman–Crippen MR) is 80.4 cm³/mol. The summed E-state index contributed by atoms with van der Waals surface area (Å²) < 4.78 is 2.08. The molecule has 0 aliphatic heterocycles. The summed E-state index contributed by atoms with van der Waals surface area (Å²) in [5.41, 5.74) is 2.54. The molecule has 3 aliphatic rings. The Labute approximate surface area is 122 Å². The Hall–Kier alpha value is -0.830. The Morgan fingerprint density at radius 3 is 2.60 bits per heavy atom. The monoisotopic (exact) mass is 273 g/mol. The molecule has 4 rings (SSSR count). The van der Waals surface area contributed by atoms with Gasteiger partial charge in [-0.2, -0.15) is 5.10 Å². The Balaban J connectivity index is 1.50. The third kappa shape index (κ3) is 1.86. The molecule has 0 spiro atoms. The Morgan fingerprint density at radius 2 is 2.05 bits per heavy atom. The number of aromatic nitrogens is 2. The van der Waals surface area contributed by atoms with Gasteiger partial charge in [0.1, 0.15) is 0 Å². The molecule has 0 saturated heterocycles. The predicted octanol–water partition coefficient (Wildman–Crippen LogP) is 2.54. The maximum Gasteiger partial charge on any atom is 0.0596 e. The van der Waals surface area contributed by atoms with Gasteiger partial charge in [-0.25, -0.2) is 0 Å². The zero-order chi connectivity index (χ0) is 13.9. The van der Waals surface area contributed by atoms with Crippen molar-refractivity contribution in [2.45, 2.75) is 45.6 Å². The first-order chi connectivity index (χ1) is 9.69. The molecule has 20 heavy (non-hydrogen) atoms. The van der Waals surface area contributed by atoms with Crippen LogP contribution in [0.1, 0.15) is 37.6 Å². The second-order valence-electron chi connectivity index (χ2n) is 7.33. The summed E-state index contributed by atoms with van der Waals surface area (Å²) in [4.78, 5) is 0. The highest BCUT2D eigenvalue weighted by Gasteiger charge is 2.66. The topological polar surface area (TPSA) is 29.9 Å². The molecule has 5 atom stereocenters. The molecular weight excluding hydrogens is 246 g/mol. The van der Waals surface area contributed by atoms with Gasteiger partial charge >= 0.3 is 0 Å². The van der Waals surface area contributed by atoms with E-state index >= 15 is 0 Å². The van der Waals surface area contributed by atoms with E-state index < -0.39 is 0 Å². The first-order valence-electron chi connectivity index (χ1n) is 8.42. The molecule has 3 saturated carbocycles. The van der Waals surface area contributed by atoms with Crippen molar-refractivity contribution in [3.8, 4) is 0 Å². The van der Waals surface area contributed by atoms with Crippen LogP contribution in [-0.4, -0.2) is 22.4 Å². The van der Waals surface area contributed by atoms with E-state index in [1.165, 1.54) is 18.5 Å². The molecule has 5 unspecified atom stereocenters. The number of hydrogen-bond acceptors (Lipinski definition) is 2. The van der Waals surface area contributed by atoms with E-state index in [-0.39, 0.29) is 0 Å². The summed E-state index contributed by atoms with van der Waals surface area (Å²) in [5.74, 6) is 5.23. The molecule has 2 bridgehead atoms. The van der Waals surface area contributed by atoms with Crippen molar-refractivity contribution in [3.05, 3.63) is 17.5 Å². The van der Waals surface area contributed by atoms with E-state index in [1.807, 2.05) is 0 Å². The van der Waals surface area contributed by atoms with E-state index in [0.29, 0.717) is 6.04 Å². The number of aryl methyl sites for hydroxylation is 2. The molecule has 3 nitrogen and oxygen atoms in total. The average Bonchev–Trinajstić information content (AvgIpc) is 2.68. The minimum absolute atomic E-state index is 0.674. The van der Waals surface area contributed by atoms with Crippen molar-refractivity contribution >= 4 is 0 Å². The van der Waals surface area contributed by atoms with Gasteiger partial charge in [0, 0.05) is 25.2 Å². The summed E-state index contributed by atoms with van der Waals surface area (Å²) in [6.45, 7) is 5.43. The highest BCUT2D eigenvalue weighted by molar-refractivity contribution is 5.18. The van der Waals surface area contributed by atoms with Crippen LogP contribution in [0.5, 0.6) is 0 Å². The smallest absolute Gasteiger partial charge is 0.0596 e. The van der Waals surface area contributed by atoms with Gasteiger partial charge in [-0.3, -0.25) is 4.68 Å². The number of nitrogens with zero attached hydrogens (tertiary/aromatic N) is 2. The van der Waals surface area contributed by atoms with Gasteiger partial charge in [0.05, 0.1) is 5.69 Å². The lowest BCUT2D eigenvalue weighted by Gasteiger charge is -2.21. The minimum atomic E-state index is 0.674. The molecule has 3 aliphatic carbocycles. The summed E-state index contributed by atoms with van der Waals surface area (Å²) in [6.07, 6.45) is 5.75. The fourth-order valence-electron chi connectivity index (χ4n) is 5.62. The zero-order valence-corrected chi connectivity index (χ0v) is 13.0. The lowest BCUT2D eigenvalue weighted by Crippen LogP contribution is -2.35. The molecule has 1 aromatic heterocycles. The van der Waals surface area contributed by atoms with Crippen LogP contribution in [0.25, 0.3) is 0 Å². The van der Waals surface area contributed by atoms with Crippen LogP contribution in [0.15, 0.2) is 6.07 Å². The van der Waals surface area contributed by atoms with E-state index in [4.69, 9.17) is 0 Å². The molecule has 3 heteroatoms. The van der Waals surface area contributed by atoms with Crippen molar-refractivity contribution in [1.29, 1.82) is 0 Å². The first-order valence-corrected chi connectivity index (χ1v) is 8.42. The molecule has 0 aromatic carbocycles. The molecule has 1 N–H and O–H groups in total. The van der Waals surface area contributed by atoms with Gasteiger partial charge in [0.15, 0.2) is 0 Å². The van der Waals surface area contributed by atoms with Crippen LogP contribution < -0.4 is 5.32 Å². The number of likely N-dealkylation sites (N-methyl/N-ethyl adjacent to an activating group) is 1. The molecule has 1 aromatic rings. The summed E-state index contributed by atoms with van der Waals surface area (Å²) in [6, 6.07) is 2.94. The van der Waals surface area contributed by atoms with E-state index in [0.717, 1.165) is 48.2 Å². The van der Waals surface area contributed by atoms with Gasteiger partial charge < -0.3 is 5.32 Å². The molecule has 3 fully saturated rings. The second kappa shape index (κ2) is 4.59. The van der Waals surface area contributed by atoms with Gasteiger partial charge in [0.2, 0.25) is 0 Å². The van der Waals surface area contributed by atoms with Crippen molar-refractivity contribution < 1.29 is 0 Å². The second-order valence-corrected chi connectivity index (χ2v) is 7.33. The van der Waals surface area contributed by atoms with Gasteiger partial charge in [-0.15, -0.1) is 0 Å². The highest BCUT2D eigenvalue weighted by Crippen LogP contribution is 2.70. The van der Waals surface area contributed by atoms with Crippen LogP contribution in [0, 0.1) is 36.5 Å². The van der Waals surface area contributed by atoms with E-state index in [2.05, 4.69) is 42.1 Å². The SMILES string of the molecule is CCNC(Cc1cc(C)nn1C)C1C2C3CCC(C3)C21. The van der Waals surface area contributed by atoms with Crippen molar-refractivity contribution in [1.82, 2.24) is 15.1 Å². The summed E-state index contributed by atoms with van der Waals surface area (Å²) in [7, 11) is 2.09. The summed E-state index contributed by atoms with van der Waals surface area (Å²) >= 11 is 0.